The number of benzene rings is 1. The Hall–Kier alpha value is -1.13. The van der Waals surface area contributed by atoms with Gasteiger partial charge >= 0.3 is 5.97 Å². The molecule has 0 heterocycles. The van der Waals surface area contributed by atoms with Crippen LogP contribution in [-0.2, 0) is 9.53 Å². The number of ether oxygens (including phenoxy) is 1. The molecule has 5 heteroatoms. The Morgan fingerprint density at radius 2 is 2.13 bits per heavy atom. The van der Waals surface area contributed by atoms with Crippen LogP contribution in [0, 0.1) is 12.7 Å². The number of nitrogens with two attached hydrogens (primary N) is 1. The first-order valence-electron chi connectivity index (χ1n) is 4.15. The summed E-state index contributed by atoms with van der Waals surface area (Å²) in [7, 11) is 1.22. The molecule has 0 saturated heterocycles. The van der Waals surface area contributed by atoms with E-state index in [9.17, 15) is 9.18 Å². The first-order valence-corrected chi connectivity index (χ1v) is 4.15. The van der Waals surface area contributed by atoms with Crippen LogP contribution in [0.1, 0.15) is 17.2 Å². The van der Waals surface area contributed by atoms with Gasteiger partial charge in [-0.2, -0.15) is 0 Å². The van der Waals surface area contributed by atoms with Crippen LogP contribution in [0.3, 0.4) is 0 Å². The minimum atomic E-state index is -1.06. The quantitative estimate of drug-likeness (QED) is 0.792. The van der Waals surface area contributed by atoms with Gasteiger partial charge in [0.15, 0.2) is 0 Å². The molecule has 0 aliphatic carbocycles. The molecule has 1 aromatic carbocycles. The number of carbonyl (C=O) groups is 1. The fraction of sp³-hybridized carbons (Fsp3) is 0.300. The molecule has 0 saturated carbocycles. The lowest BCUT2D eigenvalue weighted by molar-refractivity contribution is -0.142. The topological polar surface area (TPSA) is 52.3 Å². The van der Waals surface area contributed by atoms with Crippen molar-refractivity contribution in [2.75, 3.05) is 7.11 Å². The van der Waals surface area contributed by atoms with E-state index in [1.54, 1.807) is 13.0 Å². The van der Waals surface area contributed by atoms with Crippen molar-refractivity contribution >= 4 is 18.4 Å². The van der Waals surface area contributed by atoms with Gasteiger partial charge in [-0.3, -0.25) is 4.79 Å². The number of halogens is 2. The molecule has 0 aromatic heterocycles. The maximum absolute atomic E-state index is 13.3. The molecule has 2 N–H and O–H groups in total. The Kier molecular flexibility index (Phi) is 5.25. The van der Waals surface area contributed by atoms with Crippen molar-refractivity contribution in [2.24, 2.45) is 5.73 Å². The van der Waals surface area contributed by atoms with Gasteiger partial charge in [0.25, 0.3) is 0 Å². The van der Waals surface area contributed by atoms with E-state index in [1.165, 1.54) is 19.2 Å². The number of carbonyl (C=O) groups excluding carboxylic acids is 1. The zero-order valence-corrected chi connectivity index (χ0v) is 9.31. The average Bonchev–Trinajstić information content (AvgIpc) is 2.15. The van der Waals surface area contributed by atoms with Gasteiger partial charge < -0.3 is 10.5 Å². The molecule has 1 atom stereocenters. The van der Waals surface area contributed by atoms with Crippen LogP contribution < -0.4 is 5.73 Å². The third kappa shape index (κ3) is 3.18. The third-order valence-corrected chi connectivity index (χ3v) is 1.95. The Labute approximate surface area is 93.8 Å². The number of rotatable bonds is 2. The summed E-state index contributed by atoms with van der Waals surface area (Å²) in [5.41, 5.74) is 6.42. The lowest BCUT2D eigenvalue weighted by Crippen LogP contribution is -2.23. The molecule has 0 unspecified atom stereocenters. The summed E-state index contributed by atoms with van der Waals surface area (Å²) in [6.07, 6.45) is 0. The largest absolute Gasteiger partial charge is 0.468 e. The molecule has 1 aromatic rings. The maximum atomic E-state index is 13.3. The van der Waals surface area contributed by atoms with E-state index in [2.05, 4.69) is 4.74 Å². The molecule has 1 rings (SSSR count). The Bertz CT molecular complexity index is 357. The molecule has 15 heavy (non-hydrogen) atoms. The van der Waals surface area contributed by atoms with E-state index < -0.39 is 17.8 Å². The zero-order valence-electron chi connectivity index (χ0n) is 8.49. The van der Waals surface area contributed by atoms with Crippen molar-refractivity contribution in [2.45, 2.75) is 13.0 Å². The van der Waals surface area contributed by atoms with E-state index in [1.807, 2.05) is 0 Å². The first-order chi connectivity index (χ1) is 6.56. The summed E-state index contributed by atoms with van der Waals surface area (Å²) in [5, 5.41) is 0. The maximum Gasteiger partial charge on any atom is 0.327 e. The highest BCUT2D eigenvalue weighted by molar-refractivity contribution is 5.85. The lowest BCUT2D eigenvalue weighted by atomic mass is 10.1. The van der Waals surface area contributed by atoms with Gasteiger partial charge in [-0.25, -0.2) is 4.39 Å². The summed E-state index contributed by atoms with van der Waals surface area (Å²) < 4.78 is 17.7. The highest BCUT2D eigenvalue weighted by Gasteiger charge is 2.19. The zero-order chi connectivity index (χ0) is 10.7. The molecule has 3 nitrogen and oxygen atoms in total. The molecule has 0 aliphatic rings. The minimum absolute atomic E-state index is 0. The van der Waals surface area contributed by atoms with Crippen LogP contribution in [0.2, 0.25) is 0 Å². The van der Waals surface area contributed by atoms with Crippen molar-refractivity contribution < 1.29 is 13.9 Å². The Morgan fingerprint density at radius 1 is 1.53 bits per heavy atom. The number of esters is 1. The minimum Gasteiger partial charge on any atom is -0.468 e. The van der Waals surface area contributed by atoms with Crippen LogP contribution in [0.15, 0.2) is 18.2 Å². The molecule has 84 valence electrons. The second kappa shape index (κ2) is 5.68. The van der Waals surface area contributed by atoms with Crippen LogP contribution in [0.5, 0.6) is 0 Å². The molecule has 0 spiro atoms. The fourth-order valence-electron chi connectivity index (χ4n) is 1.14. The van der Waals surface area contributed by atoms with Gasteiger partial charge in [-0.05, 0) is 18.6 Å². The standard InChI is InChI=1S/C10H12FNO2.ClH/c1-6-3-4-7(8(11)5-6)9(12)10(13)14-2;/h3-5,9H,12H2,1-2H3;1H/t9-;/m0./s1. The summed E-state index contributed by atoms with van der Waals surface area (Å²) in [6, 6.07) is 3.46. The smallest absolute Gasteiger partial charge is 0.327 e. The molecular weight excluding hydrogens is 221 g/mol. The molecule has 0 fully saturated rings. The molecule has 0 amide bonds. The number of methoxy groups -OCH3 is 1. The second-order valence-electron chi connectivity index (χ2n) is 3.03. The second-order valence-corrected chi connectivity index (χ2v) is 3.03. The predicted molar refractivity (Wildman–Crippen MR) is 57.3 cm³/mol. The Morgan fingerprint density at radius 3 is 2.60 bits per heavy atom. The number of hydrogen-bond donors (Lipinski definition) is 1. The van der Waals surface area contributed by atoms with Gasteiger partial charge in [0.2, 0.25) is 0 Å². The molecule has 0 aliphatic heterocycles. The van der Waals surface area contributed by atoms with E-state index in [-0.39, 0.29) is 18.0 Å². The van der Waals surface area contributed by atoms with Crippen molar-refractivity contribution in [3.05, 3.63) is 35.1 Å². The Balaban J connectivity index is 0.00000196. The van der Waals surface area contributed by atoms with E-state index in [4.69, 9.17) is 5.73 Å². The van der Waals surface area contributed by atoms with Crippen molar-refractivity contribution in [1.82, 2.24) is 0 Å². The van der Waals surface area contributed by atoms with Crippen LogP contribution >= 0.6 is 12.4 Å². The summed E-state index contributed by atoms with van der Waals surface area (Å²) in [4.78, 5) is 11.0. The van der Waals surface area contributed by atoms with Gasteiger partial charge in [0.1, 0.15) is 11.9 Å². The molecular formula is C10H13ClFNO2. The summed E-state index contributed by atoms with van der Waals surface area (Å²) in [6.45, 7) is 1.76. The van der Waals surface area contributed by atoms with Gasteiger partial charge in [-0.15, -0.1) is 12.4 Å². The highest BCUT2D eigenvalue weighted by atomic mass is 35.5. The lowest BCUT2D eigenvalue weighted by Gasteiger charge is -2.10. The van der Waals surface area contributed by atoms with Gasteiger partial charge in [0.05, 0.1) is 7.11 Å². The summed E-state index contributed by atoms with van der Waals surface area (Å²) >= 11 is 0. The van der Waals surface area contributed by atoms with E-state index in [0.29, 0.717) is 0 Å². The van der Waals surface area contributed by atoms with Crippen molar-refractivity contribution in [1.29, 1.82) is 0 Å². The van der Waals surface area contributed by atoms with Crippen molar-refractivity contribution in [3.63, 3.8) is 0 Å². The number of aryl methyl sites for hydroxylation is 1. The van der Waals surface area contributed by atoms with Crippen LogP contribution in [0.4, 0.5) is 4.39 Å². The average molecular weight is 234 g/mol. The molecule has 0 bridgehead atoms. The van der Waals surface area contributed by atoms with Crippen LogP contribution in [0.25, 0.3) is 0 Å². The molecule has 0 radical (unpaired) electrons. The third-order valence-electron chi connectivity index (χ3n) is 1.95. The van der Waals surface area contributed by atoms with Gasteiger partial charge in [-0.1, -0.05) is 12.1 Å². The highest BCUT2D eigenvalue weighted by Crippen LogP contribution is 2.17. The van der Waals surface area contributed by atoms with Crippen molar-refractivity contribution in [3.8, 4) is 0 Å². The normalized spacial score (nSPS) is 11.5. The first kappa shape index (κ1) is 13.9. The number of hydrogen-bond acceptors (Lipinski definition) is 3. The van der Waals surface area contributed by atoms with E-state index in [0.717, 1.165) is 5.56 Å². The van der Waals surface area contributed by atoms with E-state index >= 15 is 0 Å². The fourth-order valence-corrected chi connectivity index (χ4v) is 1.14. The van der Waals surface area contributed by atoms with Crippen LogP contribution in [-0.4, -0.2) is 13.1 Å². The summed E-state index contributed by atoms with van der Waals surface area (Å²) in [5.74, 6) is -1.13. The van der Waals surface area contributed by atoms with Gasteiger partial charge in [0, 0.05) is 5.56 Å². The monoisotopic (exact) mass is 233 g/mol. The predicted octanol–water partition coefficient (Wildman–Crippen LogP) is 1.73. The SMILES string of the molecule is COC(=O)[C@@H](N)c1ccc(C)cc1F.Cl.